The molecule has 0 aliphatic carbocycles. The van der Waals surface area contributed by atoms with E-state index in [0.29, 0.717) is 12.6 Å². The Morgan fingerprint density at radius 3 is 2.46 bits per heavy atom. The minimum Gasteiger partial charge on any atom is -0.489 e. The van der Waals surface area contributed by atoms with E-state index in [0.717, 1.165) is 29.6 Å². The molecule has 0 saturated heterocycles. The van der Waals surface area contributed by atoms with E-state index in [4.69, 9.17) is 4.74 Å². The molecular formula is C25H28BrNO. The molecule has 0 bridgehead atoms. The van der Waals surface area contributed by atoms with Crippen molar-refractivity contribution in [2.75, 3.05) is 0 Å². The van der Waals surface area contributed by atoms with Crippen LogP contribution in [0, 0.1) is 6.92 Å². The van der Waals surface area contributed by atoms with Gasteiger partial charge in [0.25, 0.3) is 0 Å². The highest BCUT2D eigenvalue weighted by atomic mass is 79.9. The largest absolute Gasteiger partial charge is 0.489 e. The Morgan fingerprint density at radius 2 is 1.68 bits per heavy atom. The number of halogens is 1. The SMILES string of the molecule is Cc1ccccc1COc1ccc(Br)cc1CN[C@@H](C)CCc1ccccc1. The molecule has 3 aromatic carbocycles. The van der Waals surface area contributed by atoms with Crippen molar-refractivity contribution in [3.63, 3.8) is 0 Å². The van der Waals surface area contributed by atoms with Gasteiger partial charge < -0.3 is 10.1 Å². The van der Waals surface area contributed by atoms with Gasteiger partial charge in [0, 0.05) is 22.6 Å². The van der Waals surface area contributed by atoms with Gasteiger partial charge in [0.15, 0.2) is 0 Å². The number of nitrogens with one attached hydrogen (secondary N) is 1. The summed E-state index contributed by atoms with van der Waals surface area (Å²) in [6, 6.07) is 25.7. The Bertz CT molecular complexity index is 879. The molecule has 28 heavy (non-hydrogen) atoms. The molecular weight excluding hydrogens is 410 g/mol. The second-order valence-electron chi connectivity index (χ2n) is 7.27. The maximum absolute atomic E-state index is 6.16. The van der Waals surface area contributed by atoms with Crippen LogP contribution in [0.1, 0.15) is 35.6 Å². The monoisotopic (exact) mass is 437 g/mol. The molecule has 0 aromatic heterocycles. The van der Waals surface area contributed by atoms with Gasteiger partial charge in [0.05, 0.1) is 0 Å². The van der Waals surface area contributed by atoms with E-state index in [1.807, 2.05) is 12.1 Å². The van der Waals surface area contributed by atoms with E-state index in [2.05, 4.69) is 95.8 Å². The lowest BCUT2D eigenvalue weighted by Crippen LogP contribution is -2.26. The lowest BCUT2D eigenvalue weighted by molar-refractivity contribution is 0.300. The van der Waals surface area contributed by atoms with E-state index in [1.165, 1.54) is 22.3 Å². The van der Waals surface area contributed by atoms with Crippen LogP contribution in [-0.4, -0.2) is 6.04 Å². The van der Waals surface area contributed by atoms with Crippen LogP contribution in [0.15, 0.2) is 77.3 Å². The molecule has 0 amide bonds. The Hall–Kier alpha value is -2.10. The number of benzene rings is 3. The molecule has 0 radical (unpaired) electrons. The third kappa shape index (κ3) is 6.22. The normalized spacial score (nSPS) is 12.0. The Morgan fingerprint density at radius 1 is 0.929 bits per heavy atom. The van der Waals surface area contributed by atoms with Crippen LogP contribution in [0.4, 0.5) is 0 Å². The van der Waals surface area contributed by atoms with Crippen molar-refractivity contribution in [3.8, 4) is 5.75 Å². The van der Waals surface area contributed by atoms with E-state index >= 15 is 0 Å². The molecule has 1 atom stereocenters. The Labute approximate surface area is 177 Å². The fourth-order valence-electron chi connectivity index (χ4n) is 3.17. The first-order valence-corrected chi connectivity index (χ1v) is 10.6. The summed E-state index contributed by atoms with van der Waals surface area (Å²) in [5.74, 6) is 0.939. The molecule has 3 rings (SSSR count). The summed E-state index contributed by atoms with van der Waals surface area (Å²) < 4.78 is 7.23. The van der Waals surface area contributed by atoms with E-state index < -0.39 is 0 Å². The third-order valence-corrected chi connectivity index (χ3v) is 5.51. The van der Waals surface area contributed by atoms with Crippen LogP contribution >= 0.6 is 15.9 Å². The highest BCUT2D eigenvalue weighted by Crippen LogP contribution is 2.25. The summed E-state index contributed by atoms with van der Waals surface area (Å²) in [7, 11) is 0. The van der Waals surface area contributed by atoms with Gasteiger partial charge in [-0.15, -0.1) is 0 Å². The Kier molecular flexibility index (Phi) is 7.70. The van der Waals surface area contributed by atoms with E-state index in [-0.39, 0.29) is 0 Å². The first kappa shape index (κ1) is 20.6. The van der Waals surface area contributed by atoms with Gasteiger partial charge >= 0.3 is 0 Å². The van der Waals surface area contributed by atoms with E-state index in [9.17, 15) is 0 Å². The van der Waals surface area contributed by atoms with Crippen LogP contribution < -0.4 is 10.1 Å². The molecule has 3 aromatic rings. The molecule has 146 valence electrons. The average molecular weight is 438 g/mol. The van der Waals surface area contributed by atoms with Crippen LogP contribution in [-0.2, 0) is 19.6 Å². The highest BCUT2D eigenvalue weighted by molar-refractivity contribution is 9.10. The van der Waals surface area contributed by atoms with Crippen LogP contribution in [0.25, 0.3) is 0 Å². The third-order valence-electron chi connectivity index (χ3n) is 5.02. The fraction of sp³-hybridized carbons (Fsp3) is 0.280. The van der Waals surface area contributed by atoms with Crippen molar-refractivity contribution in [3.05, 3.63) is 99.5 Å². The zero-order chi connectivity index (χ0) is 19.8. The van der Waals surface area contributed by atoms with Gasteiger partial charge in [-0.1, -0.05) is 70.5 Å². The van der Waals surface area contributed by atoms with Crippen molar-refractivity contribution in [2.24, 2.45) is 0 Å². The van der Waals surface area contributed by atoms with Gasteiger partial charge in [-0.2, -0.15) is 0 Å². The summed E-state index contributed by atoms with van der Waals surface area (Å²) in [6.07, 6.45) is 2.20. The first-order chi connectivity index (χ1) is 13.6. The highest BCUT2D eigenvalue weighted by Gasteiger charge is 2.09. The van der Waals surface area contributed by atoms with Crippen LogP contribution in [0.3, 0.4) is 0 Å². The molecule has 0 unspecified atom stereocenters. The standard InChI is InChI=1S/C25H28BrNO/c1-19-8-6-7-11-22(19)18-28-25-15-14-24(26)16-23(25)17-27-20(2)12-13-21-9-4-3-5-10-21/h3-11,14-16,20,27H,12-13,17-18H2,1-2H3/t20-/m0/s1. The zero-order valence-electron chi connectivity index (χ0n) is 16.6. The molecule has 0 aliphatic rings. The lowest BCUT2D eigenvalue weighted by atomic mass is 10.1. The Balaban J connectivity index is 1.57. The lowest BCUT2D eigenvalue weighted by Gasteiger charge is -2.17. The zero-order valence-corrected chi connectivity index (χ0v) is 18.2. The number of hydrogen-bond acceptors (Lipinski definition) is 2. The molecule has 0 fully saturated rings. The van der Waals surface area contributed by atoms with Crippen LogP contribution in [0.2, 0.25) is 0 Å². The maximum Gasteiger partial charge on any atom is 0.124 e. The topological polar surface area (TPSA) is 21.3 Å². The van der Waals surface area contributed by atoms with Gasteiger partial charge in [-0.25, -0.2) is 0 Å². The van der Waals surface area contributed by atoms with Crippen molar-refractivity contribution in [1.82, 2.24) is 5.32 Å². The molecule has 0 saturated carbocycles. The predicted molar refractivity (Wildman–Crippen MR) is 121 cm³/mol. The summed E-state index contributed by atoms with van der Waals surface area (Å²) in [5.41, 5.74) is 5.05. The summed E-state index contributed by atoms with van der Waals surface area (Å²) in [4.78, 5) is 0. The number of hydrogen-bond donors (Lipinski definition) is 1. The number of rotatable bonds is 9. The van der Waals surface area contributed by atoms with Crippen molar-refractivity contribution >= 4 is 15.9 Å². The van der Waals surface area contributed by atoms with Gasteiger partial charge in [-0.3, -0.25) is 0 Å². The summed E-state index contributed by atoms with van der Waals surface area (Å²) in [6.45, 7) is 5.75. The van der Waals surface area contributed by atoms with Crippen molar-refractivity contribution < 1.29 is 4.74 Å². The average Bonchev–Trinajstić information content (AvgIpc) is 2.72. The second kappa shape index (κ2) is 10.4. The van der Waals surface area contributed by atoms with Crippen LogP contribution in [0.5, 0.6) is 5.75 Å². The molecule has 0 aliphatic heterocycles. The summed E-state index contributed by atoms with van der Waals surface area (Å²) in [5, 5.41) is 3.65. The van der Waals surface area contributed by atoms with Crippen molar-refractivity contribution in [2.45, 2.75) is 45.9 Å². The smallest absolute Gasteiger partial charge is 0.124 e. The molecule has 3 heteroatoms. The predicted octanol–water partition coefficient (Wildman–Crippen LogP) is 6.45. The van der Waals surface area contributed by atoms with Gasteiger partial charge in [0.1, 0.15) is 12.4 Å². The van der Waals surface area contributed by atoms with Gasteiger partial charge in [0.2, 0.25) is 0 Å². The fourth-order valence-corrected chi connectivity index (χ4v) is 3.58. The molecule has 0 spiro atoms. The quantitative estimate of drug-likeness (QED) is 0.415. The number of ether oxygens (including phenoxy) is 1. The summed E-state index contributed by atoms with van der Waals surface area (Å²) >= 11 is 3.59. The molecule has 2 nitrogen and oxygen atoms in total. The maximum atomic E-state index is 6.16. The number of aryl methyl sites for hydroxylation is 2. The van der Waals surface area contributed by atoms with Gasteiger partial charge in [-0.05, 0) is 61.6 Å². The first-order valence-electron chi connectivity index (χ1n) is 9.85. The van der Waals surface area contributed by atoms with Crippen molar-refractivity contribution in [1.29, 1.82) is 0 Å². The minimum absolute atomic E-state index is 0.434. The second-order valence-corrected chi connectivity index (χ2v) is 8.19. The molecule has 0 heterocycles. The molecule has 1 N–H and O–H groups in total. The van der Waals surface area contributed by atoms with E-state index in [1.54, 1.807) is 0 Å². The minimum atomic E-state index is 0.434.